The molecule has 0 saturated heterocycles. The Hall–Kier alpha value is -3.48. The zero-order chi connectivity index (χ0) is 17.8. The van der Waals surface area contributed by atoms with Gasteiger partial charge in [-0.15, -0.1) is 0 Å². The third-order valence-corrected chi connectivity index (χ3v) is 3.64. The summed E-state index contributed by atoms with van der Waals surface area (Å²) in [7, 11) is 1.57. The van der Waals surface area contributed by atoms with Crippen molar-refractivity contribution in [2.24, 2.45) is 7.05 Å². The second kappa shape index (κ2) is 6.96. The van der Waals surface area contributed by atoms with E-state index >= 15 is 0 Å². The summed E-state index contributed by atoms with van der Waals surface area (Å²) in [6, 6.07) is 11.3. The summed E-state index contributed by atoms with van der Waals surface area (Å²) in [6.45, 7) is 0. The molecule has 3 rings (SSSR count). The molecule has 7 heteroatoms. The van der Waals surface area contributed by atoms with Crippen LogP contribution in [-0.2, 0) is 13.5 Å². The quantitative estimate of drug-likeness (QED) is 0.745. The van der Waals surface area contributed by atoms with Gasteiger partial charge < -0.3 is 10.4 Å². The lowest BCUT2D eigenvalue weighted by molar-refractivity contribution is 0.0692. The van der Waals surface area contributed by atoms with Crippen LogP contribution in [0, 0.1) is 0 Å². The molecular formula is C18H16N4O3. The van der Waals surface area contributed by atoms with Crippen LogP contribution < -0.4 is 5.32 Å². The van der Waals surface area contributed by atoms with Gasteiger partial charge in [-0.05, 0) is 41.8 Å². The van der Waals surface area contributed by atoms with E-state index in [0.717, 1.165) is 17.5 Å². The number of aromatic nitrogens is 3. The van der Waals surface area contributed by atoms with Gasteiger partial charge >= 0.3 is 5.97 Å². The maximum absolute atomic E-state index is 12.3. The number of rotatable bonds is 5. The number of aromatic carboxylic acids is 1. The van der Waals surface area contributed by atoms with Crippen molar-refractivity contribution >= 4 is 17.6 Å². The average molecular weight is 336 g/mol. The third kappa shape index (κ3) is 3.89. The second-order valence-corrected chi connectivity index (χ2v) is 5.55. The van der Waals surface area contributed by atoms with Crippen molar-refractivity contribution in [3.8, 4) is 0 Å². The van der Waals surface area contributed by atoms with Crippen molar-refractivity contribution in [2.75, 3.05) is 5.32 Å². The van der Waals surface area contributed by atoms with E-state index in [1.54, 1.807) is 31.6 Å². The highest BCUT2D eigenvalue weighted by molar-refractivity contribution is 6.09. The Morgan fingerprint density at radius 2 is 1.72 bits per heavy atom. The van der Waals surface area contributed by atoms with Crippen LogP contribution in [0.4, 0.5) is 5.69 Å². The Labute approximate surface area is 143 Å². The number of hydrogen-bond acceptors (Lipinski definition) is 4. The number of carbonyl (C=O) groups excluding carboxylic acids is 1. The molecule has 0 aliphatic rings. The van der Waals surface area contributed by atoms with E-state index in [-0.39, 0.29) is 11.3 Å². The van der Waals surface area contributed by atoms with E-state index in [0.29, 0.717) is 5.69 Å². The first kappa shape index (κ1) is 16.4. The van der Waals surface area contributed by atoms with Crippen LogP contribution in [0.25, 0.3) is 0 Å². The van der Waals surface area contributed by atoms with Crippen LogP contribution >= 0.6 is 0 Å². The van der Waals surface area contributed by atoms with E-state index < -0.39 is 11.9 Å². The fourth-order valence-corrected chi connectivity index (χ4v) is 2.45. The third-order valence-electron chi connectivity index (χ3n) is 3.64. The predicted octanol–water partition coefficient (Wildman–Crippen LogP) is 2.36. The van der Waals surface area contributed by atoms with E-state index in [2.05, 4.69) is 15.4 Å². The summed E-state index contributed by atoms with van der Waals surface area (Å²) in [5.74, 6) is -1.74. The van der Waals surface area contributed by atoms with Gasteiger partial charge in [-0.1, -0.05) is 12.1 Å². The molecule has 0 fully saturated rings. The second-order valence-electron chi connectivity index (χ2n) is 5.55. The SMILES string of the molecule is Cn1cc(C(=O)O)c(C(=O)Nc2ccc(Cc3ccncc3)cc2)n1. The molecule has 0 bridgehead atoms. The lowest BCUT2D eigenvalue weighted by atomic mass is 10.1. The van der Waals surface area contributed by atoms with Gasteiger partial charge in [0, 0.05) is 31.3 Å². The molecule has 126 valence electrons. The number of benzene rings is 1. The number of hydrogen-bond donors (Lipinski definition) is 2. The van der Waals surface area contributed by atoms with Gasteiger partial charge in [0.1, 0.15) is 5.56 Å². The largest absolute Gasteiger partial charge is 0.478 e. The molecule has 0 radical (unpaired) electrons. The smallest absolute Gasteiger partial charge is 0.339 e. The molecular weight excluding hydrogens is 320 g/mol. The van der Waals surface area contributed by atoms with Crippen molar-refractivity contribution in [3.63, 3.8) is 0 Å². The van der Waals surface area contributed by atoms with Crippen molar-refractivity contribution in [1.29, 1.82) is 0 Å². The summed E-state index contributed by atoms with van der Waals surface area (Å²) in [6.07, 6.45) is 5.56. The highest BCUT2D eigenvalue weighted by Crippen LogP contribution is 2.15. The minimum absolute atomic E-state index is 0.115. The lowest BCUT2D eigenvalue weighted by Gasteiger charge is -2.06. The topological polar surface area (TPSA) is 97.1 Å². The molecule has 1 aromatic carbocycles. The summed E-state index contributed by atoms with van der Waals surface area (Å²) < 4.78 is 1.30. The van der Waals surface area contributed by atoms with E-state index in [1.807, 2.05) is 24.3 Å². The Morgan fingerprint density at radius 3 is 2.36 bits per heavy atom. The first-order chi connectivity index (χ1) is 12.0. The Balaban J connectivity index is 1.71. The Kier molecular flexibility index (Phi) is 4.56. The van der Waals surface area contributed by atoms with E-state index in [4.69, 9.17) is 5.11 Å². The number of pyridine rings is 1. The van der Waals surface area contributed by atoms with Crippen LogP contribution in [0.15, 0.2) is 55.0 Å². The highest BCUT2D eigenvalue weighted by Gasteiger charge is 2.21. The number of anilines is 1. The Morgan fingerprint density at radius 1 is 1.08 bits per heavy atom. The standard InChI is InChI=1S/C18H16N4O3/c1-22-11-15(18(24)25)16(21-22)17(23)20-14-4-2-12(3-5-14)10-13-6-8-19-9-7-13/h2-9,11H,10H2,1H3,(H,20,23)(H,24,25). The van der Waals surface area contributed by atoms with Crippen molar-refractivity contribution in [3.05, 3.63) is 77.4 Å². The first-order valence-corrected chi connectivity index (χ1v) is 7.59. The first-order valence-electron chi connectivity index (χ1n) is 7.59. The van der Waals surface area contributed by atoms with E-state index in [9.17, 15) is 9.59 Å². The normalized spacial score (nSPS) is 10.4. The molecule has 2 N–H and O–H groups in total. The fourth-order valence-electron chi connectivity index (χ4n) is 2.45. The summed E-state index contributed by atoms with van der Waals surface area (Å²) >= 11 is 0. The van der Waals surface area contributed by atoms with Crippen LogP contribution in [0.1, 0.15) is 32.0 Å². The van der Waals surface area contributed by atoms with Gasteiger partial charge in [0.25, 0.3) is 5.91 Å². The molecule has 1 amide bonds. The summed E-state index contributed by atoms with van der Waals surface area (Å²) in [5.41, 5.74) is 2.57. The van der Waals surface area contributed by atoms with Crippen molar-refractivity contribution in [2.45, 2.75) is 6.42 Å². The maximum Gasteiger partial charge on any atom is 0.339 e. The zero-order valence-corrected chi connectivity index (χ0v) is 13.5. The molecule has 0 aliphatic carbocycles. The molecule has 7 nitrogen and oxygen atoms in total. The van der Waals surface area contributed by atoms with Crippen molar-refractivity contribution in [1.82, 2.24) is 14.8 Å². The van der Waals surface area contributed by atoms with Gasteiger partial charge in [0.2, 0.25) is 0 Å². The maximum atomic E-state index is 12.3. The minimum Gasteiger partial charge on any atom is -0.478 e. The molecule has 3 aromatic rings. The molecule has 0 unspecified atom stereocenters. The number of aryl methyl sites for hydroxylation is 1. The number of nitrogens with zero attached hydrogens (tertiary/aromatic N) is 3. The highest BCUT2D eigenvalue weighted by atomic mass is 16.4. The molecule has 25 heavy (non-hydrogen) atoms. The van der Waals surface area contributed by atoms with Gasteiger partial charge in [-0.3, -0.25) is 14.5 Å². The molecule has 0 spiro atoms. The monoisotopic (exact) mass is 336 g/mol. The number of carboxylic acid groups (broad SMARTS) is 1. The zero-order valence-electron chi connectivity index (χ0n) is 13.5. The number of amides is 1. The van der Waals surface area contributed by atoms with Gasteiger partial charge in [-0.25, -0.2) is 4.79 Å². The summed E-state index contributed by atoms with van der Waals surface area (Å²) in [4.78, 5) is 27.4. The summed E-state index contributed by atoms with van der Waals surface area (Å²) in [5, 5.41) is 15.7. The number of carboxylic acids is 1. The van der Waals surface area contributed by atoms with Gasteiger partial charge in [-0.2, -0.15) is 5.10 Å². The molecule has 0 atom stereocenters. The van der Waals surface area contributed by atoms with Crippen LogP contribution in [0.3, 0.4) is 0 Å². The van der Waals surface area contributed by atoms with Crippen LogP contribution in [0.5, 0.6) is 0 Å². The van der Waals surface area contributed by atoms with E-state index in [1.165, 1.54) is 10.9 Å². The van der Waals surface area contributed by atoms with Crippen molar-refractivity contribution < 1.29 is 14.7 Å². The number of nitrogens with one attached hydrogen (secondary N) is 1. The Bertz CT molecular complexity index is 902. The molecule has 0 saturated carbocycles. The fraction of sp³-hybridized carbons (Fsp3) is 0.111. The van der Waals surface area contributed by atoms with Gasteiger partial charge in [0.15, 0.2) is 5.69 Å². The minimum atomic E-state index is -1.19. The molecule has 0 aliphatic heterocycles. The van der Waals surface area contributed by atoms with Crippen LogP contribution in [-0.4, -0.2) is 31.7 Å². The predicted molar refractivity (Wildman–Crippen MR) is 91.6 cm³/mol. The molecule has 2 aromatic heterocycles. The average Bonchev–Trinajstić information content (AvgIpc) is 3.00. The lowest BCUT2D eigenvalue weighted by Crippen LogP contribution is -2.16. The van der Waals surface area contributed by atoms with Crippen LogP contribution in [0.2, 0.25) is 0 Å². The number of carbonyl (C=O) groups is 2. The molecule has 2 heterocycles. The van der Waals surface area contributed by atoms with Gasteiger partial charge in [0.05, 0.1) is 0 Å².